The van der Waals surface area contributed by atoms with Gasteiger partial charge in [0.1, 0.15) is 0 Å². The van der Waals surface area contributed by atoms with Crippen LogP contribution in [0.5, 0.6) is 0 Å². The van der Waals surface area contributed by atoms with Gasteiger partial charge in [0.2, 0.25) is 0 Å². The number of hydrogen-bond donors (Lipinski definition) is 0. The first-order valence-corrected chi connectivity index (χ1v) is 7.91. The van der Waals surface area contributed by atoms with Gasteiger partial charge in [0, 0.05) is 0 Å². The number of aromatic nitrogens is 4. The molecule has 1 saturated carbocycles. The molecular weight excluding hydrogens is 276 g/mol. The van der Waals surface area contributed by atoms with Crippen LogP contribution in [0.4, 0.5) is 0 Å². The van der Waals surface area contributed by atoms with Crippen molar-refractivity contribution in [3.8, 4) is 5.69 Å². The molecular formula is C17H22N4O. The monoisotopic (exact) mass is 298 g/mol. The van der Waals surface area contributed by atoms with E-state index in [2.05, 4.69) is 17.0 Å². The highest BCUT2D eigenvalue weighted by atomic mass is 16.2. The normalized spacial score (nSPS) is 18.8. The molecule has 0 N–H and O–H groups in total. The van der Waals surface area contributed by atoms with Crippen molar-refractivity contribution in [3.63, 3.8) is 0 Å². The van der Waals surface area contributed by atoms with Gasteiger partial charge in [-0.1, -0.05) is 43.5 Å². The van der Waals surface area contributed by atoms with Crippen LogP contribution in [0.25, 0.3) is 5.69 Å². The molecule has 116 valence electrons. The van der Waals surface area contributed by atoms with E-state index in [4.69, 9.17) is 0 Å². The molecule has 1 aromatic heterocycles. The van der Waals surface area contributed by atoms with E-state index in [1.807, 2.05) is 43.3 Å². The van der Waals surface area contributed by atoms with Crippen LogP contribution in [-0.2, 0) is 5.54 Å². The average molecular weight is 298 g/mol. The maximum atomic E-state index is 12.8. The summed E-state index contributed by atoms with van der Waals surface area (Å²) >= 11 is 0. The molecule has 5 heteroatoms. The first kappa shape index (κ1) is 14.8. The summed E-state index contributed by atoms with van der Waals surface area (Å²) in [6.07, 6.45) is 7.75. The molecule has 0 amide bonds. The van der Waals surface area contributed by atoms with Gasteiger partial charge >= 0.3 is 5.69 Å². The third-order valence-corrected chi connectivity index (χ3v) is 4.88. The Morgan fingerprint density at radius 1 is 1.18 bits per heavy atom. The van der Waals surface area contributed by atoms with Gasteiger partial charge in [-0.15, -0.1) is 6.58 Å². The minimum absolute atomic E-state index is 0.209. The Bertz CT molecular complexity index is 697. The Kier molecular flexibility index (Phi) is 3.96. The zero-order chi connectivity index (χ0) is 15.6. The predicted molar refractivity (Wildman–Crippen MR) is 86.0 cm³/mol. The maximum absolute atomic E-state index is 12.8. The van der Waals surface area contributed by atoms with Crippen LogP contribution in [0.2, 0.25) is 0 Å². The van der Waals surface area contributed by atoms with Gasteiger partial charge in [0.05, 0.1) is 11.2 Å². The summed E-state index contributed by atoms with van der Waals surface area (Å²) < 4.78 is 2.85. The first-order chi connectivity index (χ1) is 10.7. The molecule has 1 aliphatic carbocycles. The predicted octanol–water partition coefficient (Wildman–Crippen LogP) is 2.91. The molecule has 0 bridgehead atoms. The van der Waals surface area contributed by atoms with Crippen molar-refractivity contribution in [1.29, 1.82) is 0 Å². The molecule has 3 rings (SSSR count). The maximum Gasteiger partial charge on any atom is 0.369 e. The van der Waals surface area contributed by atoms with Crippen LogP contribution in [0, 0.1) is 5.92 Å². The van der Waals surface area contributed by atoms with Crippen molar-refractivity contribution in [3.05, 3.63) is 53.5 Å². The SMILES string of the molecule is C=CC(C)(C1CCCCC1)n1nnn(-c2ccccc2)c1=O. The summed E-state index contributed by atoms with van der Waals surface area (Å²) in [6, 6.07) is 9.39. The topological polar surface area (TPSA) is 52.7 Å². The van der Waals surface area contributed by atoms with Crippen LogP contribution in [-0.4, -0.2) is 19.8 Å². The van der Waals surface area contributed by atoms with Crippen LogP contribution in [0.3, 0.4) is 0 Å². The minimum Gasteiger partial charge on any atom is -0.244 e. The number of nitrogens with zero attached hydrogens (tertiary/aromatic N) is 4. The smallest absolute Gasteiger partial charge is 0.244 e. The average Bonchev–Trinajstić information content (AvgIpc) is 2.98. The number of hydrogen-bond acceptors (Lipinski definition) is 3. The van der Waals surface area contributed by atoms with Crippen LogP contribution in [0.1, 0.15) is 39.0 Å². The molecule has 1 aromatic carbocycles. The van der Waals surface area contributed by atoms with Gasteiger partial charge in [-0.25, -0.2) is 4.79 Å². The second kappa shape index (κ2) is 5.91. The Hall–Kier alpha value is -2.17. The van der Waals surface area contributed by atoms with E-state index in [0.29, 0.717) is 5.92 Å². The Labute approximate surface area is 130 Å². The van der Waals surface area contributed by atoms with E-state index in [-0.39, 0.29) is 5.69 Å². The zero-order valence-corrected chi connectivity index (χ0v) is 13.0. The van der Waals surface area contributed by atoms with Gasteiger partial charge in [0.15, 0.2) is 0 Å². The highest BCUT2D eigenvalue weighted by molar-refractivity contribution is 5.29. The molecule has 2 aromatic rings. The number of tetrazole rings is 1. The second-order valence-corrected chi connectivity index (χ2v) is 6.19. The molecule has 0 spiro atoms. The highest BCUT2D eigenvalue weighted by Crippen LogP contribution is 2.37. The van der Waals surface area contributed by atoms with Gasteiger partial charge < -0.3 is 0 Å². The molecule has 1 unspecified atom stereocenters. The Morgan fingerprint density at radius 2 is 1.86 bits per heavy atom. The molecule has 0 aliphatic heterocycles. The molecule has 5 nitrogen and oxygen atoms in total. The van der Waals surface area contributed by atoms with Crippen molar-refractivity contribution in [2.24, 2.45) is 5.92 Å². The van der Waals surface area contributed by atoms with Crippen molar-refractivity contribution in [1.82, 2.24) is 19.8 Å². The quantitative estimate of drug-likeness (QED) is 0.816. The molecule has 1 heterocycles. The van der Waals surface area contributed by atoms with E-state index in [0.717, 1.165) is 18.5 Å². The summed E-state index contributed by atoms with van der Waals surface area (Å²) in [4.78, 5) is 12.8. The van der Waals surface area contributed by atoms with Gasteiger partial charge in [-0.3, -0.25) is 0 Å². The number of benzene rings is 1. The van der Waals surface area contributed by atoms with Crippen LogP contribution >= 0.6 is 0 Å². The summed E-state index contributed by atoms with van der Waals surface area (Å²) in [5.41, 5.74) is 0.0397. The molecule has 0 radical (unpaired) electrons. The van der Waals surface area contributed by atoms with Crippen molar-refractivity contribution < 1.29 is 0 Å². The van der Waals surface area contributed by atoms with Crippen LogP contribution < -0.4 is 5.69 Å². The minimum atomic E-state index is -0.482. The Morgan fingerprint density at radius 3 is 2.50 bits per heavy atom. The standard InChI is InChI=1S/C17H22N4O/c1-3-17(2,14-10-6-4-7-11-14)21-16(22)20(18-19-21)15-12-8-5-9-13-15/h3,5,8-9,12-14H,1,4,6-7,10-11H2,2H3. The lowest BCUT2D eigenvalue weighted by Crippen LogP contribution is -2.44. The van der Waals surface area contributed by atoms with Gasteiger partial charge in [-0.2, -0.15) is 9.36 Å². The fourth-order valence-corrected chi connectivity index (χ4v) is 3.39. The molecule has 1 atom stereocenters. The van der Waals surface area contributed by atoms with Gasteiger partial charge in [0.25, 0.3) is 0 Å². The van der Waals surface area contributed by atoms with E-state index in [9.17, 15) is 4.79 Å². The van der Waals surface area contributed by atoms with Crippen molar-refractivity contribution in [2.45, 2.75) is 44.6 Å². The Balaban J connectivity index is 2.02. The van der Waals surface area contributed by atoms with Gasteiger partial charge in [-0.05, 0) is 48.2 Å². The molecule has 1 fully saturated rings. The van der Waals surface area contributed by atoms with E-state index in [1.54, 1.807) is 0 Å². The van der Waals surface area contributed by atoms with E-state index < -0.39 is 5.54 Å². The highest BCUT2D eigenvalue weighted by Gasteiger charge is 2.37. The third-order valence-electron chi connectivity index (χ3n) is 4.88. The summed E-state index contributed by atoms with van der Waals surface area (Å²) in [7, 11) is 0. The van der Waals surface area contributed by atoms with Crippen molar-refractivity contribution in [2.75, 3.05) is 0 Å². The second-order valence-electron chi connectivity index (χ2n) is 6.19. The summed E-state index contributed by atoms with van der Waals surface area (Å²) in [6.45, 7) is 6.01. The first-order valence-electron chi connectivity index (χ1n) is 7.91. The van der Waals surface area contributed by atoms with Crippen molar-refractivity contribution >= 4 is 0 Å². The van der Waals surface area contributed by atoms with E-state index >= 15 is 0 Å². The van der Waals surface area contributed by atoms with E-state index in [1.165, 1.54) is 28.6 Å². The lowest BCUT2D eigenvalue weighted by Gasteiger charge is -2.36. The zero-order valence-electron chi connectivity index (χ0n) is 13.0. The molecule has 0 saturated heterocycles. The lowest BCUT2D eigenvalue weighted by molar-refractivity contribution is 0.171. The fourth-order valence-electron chi connectivity index (χ4n) is 3.39. The molecule has 1 aliphatic rings. The molecule has 22 heavy (non-hydrogen) atoms. The fraction of sp³-hybridized carbons (Fsp3) is 0.471. The lowest BCUT2D eigenvalue weighted by atomic mass is 9.76. The number of rotatable bonds is 4. The summed E-state index contributed by atoms with van der Waals surface area (Å²) in [5.74, 6) is 0.386. The summed E-state index contributed by atoms with van der Waals surface area (Å²) in [5, 5.41) is 8.22. The number of allylic oxidation sites excluding steroid dienone is 1. The third kappa shape index (κ3) is 2.40. The largest absolute Gasteiger partial charge is 0.369 e. The number of para-hydroxylation sites is 1. The van der Waals surface area contributed by atoms with Crippen LogP contribution in [0.15, 0.2) is 47.8 Å².